The lowest BCUT2D eigenvalue weighted by Gasteiger charge is -2.55. The Morgan fingerprint density at radius 3 is 2.27 bits per heavy atom. The van der Waals surface area contributed by atoms with Gasteiger partial charge in [-0.3, -0.25) is 4.79 Å². The Bertz CT molecular complexity index is 704. The van der Waals surface area contributed by atoms with Crippen LogP contribution in [0.4, 0.5) is 0 Å². The molecule has 5 nitrogen and oxygen atoms in total. The molecule has 0 spiro atoms. The fourth-order valence-electron chi connectivity index (χ4n) is 5.97. The van der Waals surface area contributed by atoms with Gasteiger partial charge in [-0.1, -0.05) is 12.1 Å². The summed E-state index contributed by atoms with van der Waals surface area (Å²) in [5.41, 5.74) is -0.231. The van der Waals surface area contributed by atoms with Crippen molar-refractivity contribution in [3.8, 4) is 11.5 Å². The zero-order valence-electron chi connectivity index (χ0n) is 14.8. The molecule has 0 aromatic heterocycles. The molecule has 4 saturated carbocycles. The second-order valence-corrected chi connectivity index (χ2v) is 8.59. The zero-order chi connectivity index (χ0) is 17.7. The molecule has 1 unspecified atom stereocenters. The van der Waals surface area contributed by atoms with Crippen molar-refractivity contribution in [2.75, 3.05) is 13.2 Å². The van der Waals surface area contributed by atoms with Crippen LogP contribution >= 0.6 is 0 Å². The predicted octanol–water partition coefficient (Wildman–Crippen LogP) is 3.16. The van der Waals surface area contributed by atoms with E-state index in [0.717, 1.165) is 19.3 Å². The lowest BCUT2D eigenvalue weighted by molar-refractivity contribution is -0.163. The van der Waals surface area contributed by atoms with Crippen LogP contribution in [0, 0.1) is 23.2 Å². The topological polar surface area (TPSA) is 61.8 Å². The second kappa shape index (κ2) is 6.00. The number of rotatable bonds is 4. The molecule has 5 aliphatic rings. The van der Waals surface area contributed by atoms with E-state index in [1.807, 2.05) is 12.1 Å². The molecule has 0 saturated heterocycles. The zero-order valence-corrected chi connectivity index (χ0v) is 14.8. The van der Waals surface area contributed by atoms with Crippen molar-refractivity contribution in [2.24, 2.45) is 23.2 Å². The summed E-state index contributed by atoms with van der Waals surface area (Å²) < 4.78 is 16.6. The van der Waals surface area contributed by atoms with Gasteiger partial charge in [0.2, 0.25) is 6.10 Å². The lowest BCUT2D eigenvalue weighted by atomic mass is 9.48. The van der Waals surface area contributed by atoms with Crippen molar-refractivity contribution >= 4 is 11.8 Å². The average molecular weight is 356 g/mol. The van der Waals surface area contributed by atoms with Crippen molar-refractivity contribution in [3.05, 3.63) is 24.3 Å². The average Bonchev–Trinajstić information content (AvgIpc) is 2.64. The fraction of sp³-hybridized carbons (Fsp3) is 0.619. The maximum absolute atomic E-state index is 12.9. The Morgan fingerprint density at radius 1 is 1.00 bits per heavy atom. The molecule has 1 aromatic carbocycles. The summed E-state index contributed by atoms with van der Waals surface area (Å²) in [5.74, 6) is 2.86. The molecular formula is C21H24O5. The quantitative estimate of drug-likeness (QED) is 0.776. The maximum atomic E-state index is 12.9. The van der Waals surface area contributed by atoms with Gasteiger partial charge < -0.3 is 14.2 Å². The number of carbonyl (C=O) groups excluding carboxylic acids is 2. The Kier molecular flexibility index (Phi) is 3.73. The van der Waals surface area contributed by atoms with Gasteiger partial charge in [0, 0.05) is 5.41 Å². The molecule has 1 heterocycles. The highest BCUT2D eigenvalue weighted by Gasteiger charge is 2.54. The molecule has 4 aliphatic carbocycles. The number of ketones is 1. The standard InChI is InChI=1S/C21H24O5/c22-19(21-8-13-5-14(9-21)7-15(6-13)10-21)12-25-20(23)18-11-24-16-3-1-2-4-17(16)26-18/h1-4,13-15,18H,5-12H2. The molecule has 0 N–H and O–H groups in total. The van der Waals surface area contributed by atoms with E-state index >= 15 is 0 Å². The number of hydrogen-bond donors (Lipinski definition) is 0. The van der Waals surface area contributed by atoms with E-state index in [1.54, 1.807) is 12.1 Å². The van der Waals surface area contributed by atoms with Crippen LogP contribution in [-0.2, 0) is 14.3 Å². The third-order valence-electron chi connectivity index (χ3n) is 6.75. The number of carbonyl (C=O) groups is 2. The van der Waals surface area contributed by atoms with Crippen LogP contribution in [0.15, 0.2) is 24.3 Å². The first kappa shape index (κ1) is 16.2. The molecular weight excluding hydrogens is 332 g/mol. The monoisotopic (exact) mass is 356 g/mol. The number of esters is 1. The highest BCUT2D eigenvalue weighted by Crippen LogP contribution is 2.60. The SMILES string of the molecule is O=C(OCC(=O)C12CC3CC(CC(C3)C1)C2)C1COc2ccccc2O1. The van der Waals surface area contributed by atoms with Crippen molar-refractivity contribution in [2.45, 2.75) is 44.6 Å². The van der Waals surface area contributed by atoms with Crippen molar-refractivity contribution < 1.29 is 23.8 Å². The van der Waals surface area contributed by atoms with E-state index < -0.39 is 12.1 Å². The first-order valence-electron chi connectivity index (χ1n) is 9.70. The third kappa shape index (κ3) is 2.68. The van der Waals surface area contributed by atoms with Gasteiger partial charge in [-0.05, 0) is 68.4 Å². The number of para-hydroxylation sites is 2. The van der Waals surface area contributed by atoms with Crippen LogP contribution in [0.3, 0.4) is 0 Å². The van der Waals surface area contributed by atoms with Gasteiger partial charge >= 0.3 is 5.97 Å². The summed E-state index contributed by atoms with van der Waals surface area (Å²) >= 11 is 0. The first-order chi connectivity index (χ1) is 12.6. The van der Waals surface area contributed by atoms with Crippen LogP contribution in [-0.4, -0.2) is 31.1 Å². The molecule has 4 fully saturated rings. The van der Waals surface area contributed by atoms with Gasteiger partial charge in [0.1, 0.15) is 6.61 Å². The summed E-state index contributed by atoms with van der Waals surface area (Å²) in [4.78, 5) is 25.3. The largest absolute Gasteiger partial charge is 0.485 e. The van der Waals surface area contributed by atoms with Crippen LogP contribution in [0.2, 0.25) is 0 Å². The summed E-state index contributed by atoms with van der Waals surface area (Å²) in [6, 6.07) is 7.24. The Balaban J connectivity index is 1.20. The number of fused-ring (bicyclic) bond motifs is 1. The van der Waals surface area contributed by atoms with Gasteiger partial charge in [0.25, 0.3) is 0 Å². The minimum Gasteiger partial charge on any atom is -0.485 e. The minimum atomic E-state index is -0.811. The van der Waals surface area contributed by atoms with Crippen LogP contribution in [0.5, 0.6) is 11.5 Å². The van der Waals surface area contributed by atoms with E-state index in [4.69, 9.17) is 14.2 Å². The summed E-state index contributed by atoms with van der Waals surface area (Å²) in [5, 5.41) is 0. The van der Waals surface area contributed by atoms with Crippen LogP contribution < -0.4 is 9.47 Å². The fourth-order valence-corrected chi connectivity index (χ4v) is 5.97. The predicted molar refractivity (Wildman–Crippen MR) is 92.9 cm³/mol. The lowest BCUT2D eigenvalue weighted by Crippen LogP contribution is -2.51. The van der Waals surface area contributed by atoms with E-state index in [-0.39, 0.29) is 24.4 Å². The van der Waals surface area contributed by atoms with E-state index in [9.17, 15) is 9.59 Å². The van der Waals surface area contributed by atoms with Crippen LogP contribution in [0.1, 0.15) is 38.5 Å². The normalized spacial score (nSPS) is 36.6. The molecule has 0 radical (unpaired) electrons. The Morgan fingerprint density at radius 2 is 1.62 bits per heavy atom. The summed E-state index contributed by atoms with van der Waals surface area (Å²) in [7, 11) is 0. The summed E-state index contributed by atoms with van der Waals surface area (Å²) in [6.07, 6.45) is 6.04. The van der Waals surface area contributed by atoms with Gasteiger partial charge in [-0.25, -0.2) is 4.79 Å². The molecule has 6 rings (SSSR count). The van der Waals surface area contributed by atoms with Gasteiger partial charge in [-0.2, -0.15) is 0 Å². The molecule has 26 heavy (non-hydrogen) atoms. The smallest absolute Gasteiger partial charge is 0.351 e. The molecule has 4 bridgehead atoms. The number of benzene rings is 1. The van der Waals surface area contributed by atoms with Gasteiger partial charge in [-0.15, -0.1) is 0 Å². The van der Waals surface area contributed by atoms with Crippen LogP contribution in [0.25, 0.3) is 0 Å². The Labute approximate surface area is 153 Å². The number of hydrogen-bond acceptors (Lipinski definition) is 5. The second-order valence-electron chi connectivity index (χ2n) is 8.59. The molecule has 1 aromatic rings. The highest BCUT2D eigenvalue weighted by atomic mass is 16.6. The molecule has 5 heteroatoms. The highest BCUT2D eigenvalue weighted by molar-refractivity contribution is 5.88. The molecule has 0 amide bonds. The van der Waals surface area contributed by atoms with Gasteiger partial charge in [0.05, 0.1) is 0 Å². The number of Topliss-reactive ketones (excluding diaryl/α,β-unsaturated/α-hetero) is 1. The van der Waals surface area contributed by atoms with E-state index in [0.29, 0.717) is 29.3 Å². The first-order valence-corrected chi connectivity index (χ1v) is 9.70. The summed E-state index contributed by atoms with van der Waals surface area (Å²) in [6.45, 7) is -0.0199. The van der Waals surface area contributed by atoms with Gasteiger partial charge in [0.15, 0.2) is 23.9 Å². The van der Waals surface area contributed by atoms with Crippen molar-refractivity contribution in [1.29, 1.82) is 0 Å². The van der Waals surface area contributed by atoms with E-state index in [1.165, 1.54) is 19.3 Å². The molecule has 1 aliphatic heterocycles. The molecule has 1 atom stereocenters. The molecule has 138 valence electrons. The minimum absolute atomic E-state index is 0.113. The van der Waals surface area contributed by atoms with Crippen molar-refractivity contribution in [1.82, 2.24) is 0 Å². The Hall–Kier alpha value is -2.04. The van der Waals surface area contributed by atoms with E-state index in [2.05, 4.69) is 0 Å². The number of ether oxygens (including phenoxy) is 3. The third-order valence-corrected chi connectivity index (χ3v) is 6.75. The van der Waals surface area contributed by atoms with Crippen molar-refractivity contribution in [3.63, 3.8) is 0 Å². The maximum Gasteiger partial charge on any atom is 0.351 e.